The van der Waals surface area contributed by atoms with Gasteiger partial charge in [-0.25, -0.2) is 0 Å². The maximum Gasteiger partial charge on any atom is 0.471 e. The van der Waals surface area contributed by atoms with Gasteiger partial charge in [0.2, 0.25) is 0 Å². The number of alkyl halides is 3. The fraction of sp³-hybridized carbons (Fsp3) is 0.750. The van der Waals surface area contributed by atoms with Crippen molar-refractivity contribution in [1.29, 1.82) is 0 Å². The highest BCUT2D eigenvalue weighted by atomic mass is 19.4. The lowest BCUT2D eigenvalue weighted by Gasteiger charge is -2.41. The van der Waals surface area contributed by atoms with Crippen molar-refractivity contribution in [2.75, 3.05) is 13.2 Å². The maximum atomic E-state index is 12.4. The molecule has 3 rings (SSSR count). The Kier molecular flexibility index (Phi) is 7.23. The Labute approximate surface area is 168 Å². The van der Waals surface area contributed by atoms with Crippen LogP contribution in [0, 0.1) is 5.92 Å². The van der Waals surface area contributed by atoms with Gasteiger partial charge in [-0.3, -0.25) is 4.79 Å². The number of rotatable bonds is 6. The van der Waals surface area contributed by atoms with E-state index in [4.69, 9.17) is 9.84 Å². The molecule has 0 saturated carbocycles. The number of carbonyl (C=O) groups excluding carboxylic acids is 1. The minimum absolute atomic E-state index is 0.0920. The van der Waals surface area contributed by atoms with Crippen LogP contribution in [0.25, 0.3) is 0 Å². The summed E-state index contributed by atoms with van der Waals surface area (Å²) in [5, 5.41) is 24.0. The normalized spacial score (nSPS) is 31.2. The molecule has 1 amide bonds. The predicted octanol–water partition coefficient (Wildman–Crippen LogP) is 1.93. The molecule has 2 unspecified atom stereocenters. The number of hydrogen-bond donors (Lipinski definition) is 4. The average Bonchev–Trinajstić information content (AvgIpc) is 2.71. The molecule has 0 bridgehead atoms. The Morgan fingerprint density at radius 1 is 1.28 bits per heavy atom. The minimum Gasteiger partial charge on any atom is -0.495 e. The van der Waals surface area contributed by atoms with E-state index in [9.17, 15) is 23.1 Å². The fourth-order valence-electron chi connectivity index (χ4n) is 4.40. The molecule has 164 valence electrons. The number of fused-ring (bicyclic) bond motifs is 1. The first-order valence-electron chi connectivity index (χ1n) is 10.2. The zero-order chi connectivity index (χ0) is 21.0. The highest BCUT2D eigenvalue weighted by Crippen LogP contribution is 2.36. The van der Waals surface area contributed by atoms with Gasteiger partial charge >= 0.3 is 12.1 Å². The molecule has 0 radical (unpaired) electrons. The van der Waals surface area contributed by atoms with Gasteiger partial charge in [-0.05, 0) is 50.5 Å². The van der Waals surface area contributed by atoms with E-state index in [1.54, 1.807) is 0 Å². The van der Waals surface area contributed by atoms with Crippen molar-refractivity contribution >= 4 is 5.91 Å². The van der Waals surface area contributed by atoms with Crippen LogP contribution < -0.4 is 10.6 Å². The lowest BCUT2D eigenvalue weighted by Crippen LogP contribution is -2.50. The van der Waals surface area contributed by atoms with Crippen LogP contribution in [-0.2, 0) is 9.53 Å². The minimum atomic E-state index is -4.84. The van der Waals surface area contributed by atoms with Crippen molar-refractivity contribution in [3.63, 3.8) is 0 Å². The molecule has 0 aromatic rings. The number of aliphatic hydroxyl groups excluding tert-OH is 2. The van der Waals surface area contributed by atoms with Crippen molar-refractivity contribution in [2.24, 2.45) is 5.92 Å². The molecule has 4 N–H and O–H groups in total. The quantitative estimate of drug-likeness (QED) is 0.495. The molecule has 6 nitrogen and oxygen atoms in total. The Bertz CT molecular complexity index is 650. The Hall–Kier alpha value is -1.58. The van der Waals surface area contributed by atoms with Crippen LogP contribution in [-0.4, -0.2) is 59.7 Å². The number of nitrogens with one attached hydrogen (secondary N) is 2. The summed E-state index contributed by atoms with van der Waals surface area (Å²) in [6, 6.07) is 0.0887. The van der Waals surface area contributed by atoms with Gasteiger partial charge in [0.05, 0.1) is 12.4 Å². The number of amides is 1. The van der Waals surface area contributed by atoms with E-state index in [2.05, 4.69) is 10.6 Å². The second-order valence-corrected chi connectivity index (χ2v) is 8.14. The van der Waals surface area contributed by atoms with Crippen LogP contribution in [0.5, 0.6) is 0 Å². The van der Waals surface area contributed by atoms with E-state index in [0.29, 0.717) is 31.2 Å². The van der Waals surface area contributed by atoms with E-state index in [0.717, 1.165) is 31.4 Å². The van der Waals surface area contributed by atoms with Gasteiger partial charge in [0, 0.05) is 24.5 Å². The third-order valence-electron chi connectivity index (χ3n) is 6.03. The molecule has 9 heteroatoms. The van der Waals surface area contributed by atoms with Gasteiger partial charge in [-0.2, -0.15) is 13.2 Å². The van der Waals surface area contributed by atoms with Gasteiger partial charge in [0.25, 0.3) is 0 Å². The summed E-state index contributed by atoms with van der Waals surface area (Å²) in [5.74, 6) is -0.559. The third-order valence-corrected chi connectivity index (χ3v) is 6.03. The Morgan fingerprint density at radius 2 is 2.07 bits per heavy atom. The number of hydrogen-bond acceptors (Lipinski definition) is 5. The van der Waals surface area contributed by atoms with Crippen LogP contribution in [0.15, 0.2) is 23.5 Å². The number of halogens is 3. The topological polar surface area (TPSA) is 90.8 Å². The fourth-order valence-corrected chi connectivity index (χ4v) is 4.40. The number of aliphatic hydroxyl groups is 2. The number of carbonyl (C=O) groups is 1. The van der Waals surface area contributed by atoms with Crippen molar-refractivity contribution < 1.29 is 32.9 Å². The summed E-state index contributed by atoms with van der Waals surface area (Å²) in [4.78, 5) is 11.1. The molecule has 5 atom stereocenters. The molecule has 2 aliphatic carbocycles. The molecule has 1 aliphatic heterocycles. The summed E-state index contributed by atoms with van der Waals surface area (Å²) in [5.41, 5.74) is 1.22. The second-order valence-electron chi connectivity index (χ2n) is 8.14. The Balaban J connectivity index is 1.48. The summed E-state index contributed by atoms with van der Waals surface area (Å²) < 4.78 is 42.8. The van der Waals surface area contributed by atoms with Gasteiger partial charge in [0.1, 0.15) is 12.7 Å². The van der Waals surface area contributed by atoms with Gasteiger partial charge < -0.3 is 25.6 Å². The number of piperidine rings is 1. The molecule has 0 aromatic carbocycles. The van der Waals surface area contributed by atoms with Gasteiger partial charge in [-0.15, -0.1) is 0 Å². The Morgan fingerprint density at radius 3 is 2.72 bits per heavy atom. The molecule has 29 heavy (non-hydrogen) atoms. The maximum absolute atomic E-state index is 12.4. The molecule has 3 aliphatic rings. The van der Waals surface area contributed by atoms with E-state index < -0.39 is 24.2 Å². The van der Waals surface area contributed by atoms with Gasteiger partial charge in [0.15, 0.2) is 0 Å². The molecular weight excluding hydrogens is 389 g/mol. The monoisotopic (exact) mass is 418 g/mol. The van der Waals surface area contributed by atoms with E-state index in [-0.39, 0.29) is 19.3 Å². The van der Waals surface area contributed by atoms with Crippen LogP contribution in [0.3, 0.4) is 0 Å². The summed E-state index contributed by atoms with van der Waals surface area (Å²) in [6.07, 6.45) is 3.53. The van der Waals surface area contributed by atoms with Crippen molar-refractivity contribution in [3.8, 4) is 0 Å². The molecule has 1 saturated heterocycles. The van der Waals surface area contributed by atoms with Crippen LogP contribution in [0.4, 0.5) is 13.2 Å². The first kappa shape index (κ1) is 22.1. The summed E-state index contributed by atoms with van der Waals surface area (Å²) >= 11 is 0. The molecular formula is C20H29F3N2O4. The zero-order valence-electron chi connectivity index (χ0n) is 16.3. The smallest absolute Gasteiger partial charge is 0.471 e. The van der Waals surface area contributed by atoms with E-state index in [1.807, 2.05) is 12.2 Å². The first-order valence-corrected chi connectivity index (χ1v) is 10.2. The second kappa shape index (κ2) is 9.49. The number of ether oxygens (including phenoxy) is 1. The average molecular weight is 418 g/mol. The number of allylic oxidation sites excluding steroid dienone is 1. The third kappa shape index (κ3) is 5.96. The van der Waals surface area contributed by atoms with E-state index >= 15 is 0 Å². The molecule has 1 fully saturated rings. The largest absolute Gasteiger partial charge is 0.495 e. The SMILES string of the molecule is O=C(N[C@H]1CC=C(C2CC[C@@H]3CC(OCC(O)CO)=CC[C@@H]3N2)CC1)C(F)(F)F. The van der Waals surface area contributed by atoms with Crippen LogP contribution >= 0.6 is 0 Å². The summed E-state index contributed by atoms with van der Waals surface area (Å²) in [7, 11) is 0. The highest BCUT2D eigenvalue weighted by molar-refractivity contribution is 5.81. The molecule has 0 spiro atoms. The lowest BCUT2D eigenvalue weighted by atomic mass is 9.77. The molecule has 0 aromatic heterocycles. The molecule has 1 heterocycles. The predicted molar refractivity (Wildman–Crippen MR) is 99.7 cm³/mol. The lowest BCUT2D eigenvalue weighted by molar-refractivity contribution is -0.174. The van der Waals surface area contributed by atoms with Crippen molar-refractivity contribution in [3.05, 3.63) is 23.5 Å². The zero-order valence-corrected chi connectivity index (χ0v) is 16.3. The van der Waals surface area contributed by atoms with Crippen LogP contribution in [0.2, 0.25) is 0 Å². The van der Waals surface area contributed by atoms with Crippen molar-refractivity contribution in [2.45, 2.75) is 75.4 Å². The highest BCUT2D eigenvalue weighted by Gasteiger charge is 2.40. The van der Waals surface area contributed by atoms with Gasteiger partial charge in [-0.1, -0.05) is 11.6 Å². The van der Waals surface area contributed by atoms with E-state index in [1.165, 1.54) is 5.57 Å². The summed E-state index contributed by atoms with van der Waals surface area (Å²) in [6.45, 7) is -0.229. The first-order chi connectivity index (χ1) is 13.8. The standard InChI is InChI=1S/C20H29F3N2O4/c21-20(22,23)19(28)24-14-4-1-12(2-5-14)17-7-3-13-9-16(6-8-18(13)25-17)29-11-15(27)10-26/h1,6,13-15,17-18,25-27H,2-5,7-11H2,(H,24,28)/t13-,14+,15?,17?,18+/m1/s1. The van der Waals surface area contributed by atoms with Crippen molar-refractivity contribution in [1.82, 2.24) is 10.6 Å². The van der Waals surface area contributed by atoms with Crippen LogP contribution in [0.1, 0.15) is 44.9 Å².